The van der Waals surface area contributed by atoms with Crippen LogP contribution in [0.5, 0.6) is 0 Å². The Morgan fingerprint density at radius 3 is 2.74 bits per heavy atom. The Balaban J connectivity index is 2.14. The first-order valence-corrected chi connectivity index (χ1v) is 6.85. The van der Waals surface area contributed by atoms with Gasteiger partial charge in [0.25, 0.3) is 0 Å². The van der Waals surface area contributed by atoms with Crippen LogP contribution in [-0.4, -0.2) is 17.7 Å². The highest BCUT2D eigenvalue weighted by Crippen LogP contribution is 2.23. The van der Waals surface area contributed by atoms with Gasteiger partial charge in [-0.25, -0.2) is 0 Å². The van der Waals surface area contributed by atoms with E-state index in [1.54, 1.807) is 13.8 Å². The van der Waals surface area contributed by atoms with Crippen molar-refractivity contribution in [3.63, 3.8) is 0 Å². The van der Waals surface area contributed by atoms with Gasteiger partial charge in [0.1, 0.15) is 0 Å². The Morgan fingerprint density at radius 2 is 2.11 bits per heavy atom. The van der Waals surface area contributed by atoms with Crippen molar-refractivity contribution in [3.05, 3.63) is 34.9 Å². The lowest BCUT2D eigenvalue weighted by Gasteiger charge is -2.18. The Morgan fingerprint density at radius 1 is 1.37 bits per heavy atom. The van der Waals surface area contributed by atoms with E-state index in [1.807, 2.05) is 24.3 Å². The van der Waals surface area contributed by atoms with E-state index in [9.17, 15) is 4.79 Å². The average molecular weight is 285 g/mol. The fourth-order valence-electron chi connectivity index (χ4n) is 1.69. The van der Waals surface area contributed by atoms with E-state index in [0.717, 1.165) is 18.4 Å². The molecule has 1 rings (SSSR count). The molecule has 0 fully saturated rings. The minimum Gasteiger partial charge on any atom is -0.481 e. The Hall–Kier alpha value is -1.06. The predicted octanol–water partition coefficient (Wildman–Crippen LogP) is 4.14. The van der Waals surface area contributed by atoms with Crippen molar-refractivity contribution in [2.75, 3.05) is 6.61 Å². The van der Waals surface area contributed by atoms with Gasteiger partial charge < -0.3 is 9.84 Å². The molecule has 0 heterocycles. The number of ether oxygens (including phenoxy) is 1. The molecule has 106 valence electrons. The number of aliphatic carboxylic acids is 1. The second-order valence-electron chi connectivity index (χ2n) is 5.33. The van der Waals surface area contributed by atoms with Crippen LogP contribution in [-0.2, 0) is 16.1 Å². The lowest BCUT2D eigenvalue weighted by Crippen LogP contribution is -2.23. The molecule has 1 N–H and O–H groups in total. The Kier molecular flexibility index (Phi) is 6.32. The summed E-state index contributed by atoms with van der Waals surface area (Å²) in [5.41, 5.74) is 0.408. The molecule has 1 aromatic rings. The number of carboxylic acid groups (broad SMARTS) is 1. The van der Waals surface area contributed by atoms with E-state index in [4.69, 9.17) is 21.4 Å². The van der Waals surface area contributed by atoms with Gasteiger partial charge in [0.2, 0.25) is 0 Å². The third-order valence-electron chi connectivity index (χ3n) is 3.08. The smallest absolute Gasteiger partial charge is 0.309 e. The molecule has 1 aromatic carbocycles. The molecule has 3 nitrogen and oxygen atoms in total. The number of halogens is 1. The van der Waals surface area contributed by atoms with Gasteiger partial charge in [0.15, 0.2) is 0 Å². The van der Waals surface area contributed by atoms with Crippen molar-refractivity contribution in [2.45, 2.75) is 39.7 Å². The molecule has 0 spiro atoms. The quantitative estimate of drug-likeness (QED) is 0.730. The molecule has 0 saturated carbocycles. The van der Waals surface area contributed by atoms with Gasteiger partial charge in [-0.05, 0) is 44.4 Å². The van der Waals surface area contributed by atoms with Crippen LogP contribution in [0, 0.1) is 5.41 Å². The summed E-state index contributed by atoms with van der Waals surface area (Å²) in [7, 11) is 0. The SMILES string of the molecule is CC(C)(CCCCOCc1cccc(Cl)c1)C(=O)O. The molecule has 0 aliphatic carbocycles. The first-order valence-electron chi connectivity index (χ1n) is 6.47. The number of hydrogen-bond donors (Lipinski definition) is 1. The molecule has 0 radical (unpaired) electrons. The van der Waals surface area contributed by atoms with E-state index in [1.165, 1.54) is 0 Å². The zero-order chi connectivity index (χ0) is 14.3. The van der Waals surface area contributed by atoms with Gasteiger partial charge in [0, 0.05) is 11.6 Å². The molecule has 0 atom stereocenters. The third-order valence-corrected chi connectivity index (χ3v) is 3.31. The standard InChI is InChI=1S/C15H21ClO3/c1-15(2,14(17)18)8-3-4-9-19-11-12-6-5-7-13(16)10-12/h5-7,10H,3-4,8-9,11H2,1-2H3,(H,17,18). The number of carbonyl (C=O) groups is 1. The van der Waals surface area contributed by atoms with Crippen molar-refractivity contribution >= 4 is 17.6 Å². The molecule has 4 heteroatoms. The molecule has 0 unspecified atom stereocenters. The fraction of sp³-hybridized carbons (Fsp3) is 0.533. The number of carboxylic acids is 1. The molecular weight excluding hydrogens is 264 g/mol. The molecular formula is C15H21ClO3. The molecule has 0 bridgehead atoms. The van der Waals surface area contributed by atoms with Crippen LogP contribution in [0.4, 0.5) is 0 Å². The van der Waals surface area contributed by atoms with Crippen molar-refractivity contribution < 1.29 is 14.6 Å². The zero-order valence-corrected chi connectivity index (χ0v) is 12.2. The number of hydrogen-bond acceptors (Lipinski definition) is 2. The largest absolute Gasteiger partial charge is 0.481 e. The van der Waals surface area contributed by atoms with Gasteiger partial charge in [-0.1, -0.05) is 30.2 Å². The van der Waals surface area contributed by atoms with Gasteiger partial charge >= 0.3 is 5.97 Å². The summed E-state index contributed by atoms with van der Waals surface area (Å²) in [6.45, 7) is 4.69. The highest BCUT2D eigenvalue weighted by Gasteiger charge is 2.25. The van der Waals surface area contributed by atoms with Crippen LogP contribution < -0.4 is 0 Å². The van der Waals surface area contributed by atoms with Crippen molar-refractivity contribution in [1.29, 1.82) is 0 Å². The third kappa shape index (κ3) is 6.08. The van der Waals surface area contributed by atoms with Crippen LogP contribution in [0.1, 0.15) is 38.7 Å². The van der Waals surface area contributed by atoms with Crippen LogP contribution in [0.3, 0.4) is 0 Å². The lowest BCUT2D eigenvalue weighted by molar-refractivity contribution is -0.147. The van der Waals surface area contributed by atoms with Crippen LogP contribution in [0.2, 0.25) is 5.02 Å². The maximum absolute atomic E-state index is 10.9. The highest BCUT2D eigenvalue weighted by molar-refractivity contribution is 6.30. The van der Waals surface area contributed by atoms with Gasteiger partial charge in [-0.3, -0.25) is 4.79 Å². The van der Waals surface area contributed by atoms with Gasteiger partial charge in [-0.2, -0.15) is 0 Å². The summed E-state index contributed by atoms with van der Waals surface area (Å²) >= 11 is 5.88. The average Bonchev–Trinajstić information content (AvgIpc) is 2.33. The summed E-state index contributed by atoms with van der Waals surface area (Å²) in [4.78, 5) is 10.9. The summed E-state index contributed by atoms with van der Waals surface area (Å²) in [6.07, 6.45) is 2.40. The van der Waals surface area contributed by atoms with Crippen LogP contribution >= 0.6 is 11.6 Å². The van der Waals surface area contributed by atoms with E-state index < -0.39 is 11.4 Å². The van der Waals surface area contributed by atoms with E-state index in [-0.39, 0.29) is 0 Å². The summed E-state index contributed by atoms with van der Waals surface area (Å²) < 4.78 is 5.54. The van der Waals surface area contributed by atoms with Gasteiger partial charge in [-0.15, -0.1) is 0 Å². The molecule has 0 aromatic heterocycles. The zero-order valence-electron chi connectivity index (χ0n) is 11.5. The van der Waals surface area contributed by atoms with Crippen molar-refractivity contribution in [3.8, 4) is 0 Å². The van der Waals surface area contributed by atoms with E-state index in [0.29, 0.717) is 24.7 Å². The summed E-state index contributed by atoms with van der Waals surface area (Å²) in [6, 6.07) is 7.59. The number of benzene rings is 1. The Bertz CT molecular complexity index is 416. The van der Waals surface area contributed by atoms with E-state index >= 15 is 0 Å². The molecule has 0 saturated heterocycles. The normalized spacial score (nSPS) is 11.5. The number of rotatable bonds is 8. The highest BCUT2D eigenvalue weighted by atomic mass is 35.5. The molecule has 0 amide bonds. The van der Waals surface area contributed by atoms with Crippen molar-refractivity contribution in [2.24, 2.45) is 5.41 Å². The predicted molar refractivity (Wildman–Crippen MR) is 76.4 cm³/mol. The second-order valence-corrected chi connectivity index (χ2v) is 5.77. The van der Waals surface area contributed by atoms with Gasteiger partial charge in [0.05, 0.1) is 12.0 Å². The lowest BCUT2D eigenvalue weighted by atomic mass is 9.87. The number of unbranched alkanes of at least 4 members (excludes halogenated alkanes) is 1. The maximum Gasteiger partial charge on any atom is 0.309 e. The summed E-state index contributed by atoms with van der Waals surface area (Å²) in [5, 5.41) is 9.69. The first kappa shape index (κ1) is 16.0. The Labute approximate surface area is 119 Å². The van der Waals surface area contributed by atoms with Crippen molar-refractivity contribution in [1.82, 2.24) is 0 Å². The first-order chi connectivity index (χ1) is 8.92. The molecule has 0 aliphatic rings. The maximum atomic E-state index is 10.9. The second kappa shape index (κ2) is 7.51. The fourth-order valence-corrected chi connectivity index (χ4v) is 1.91. The monoisotopic (exact) mass is 284 g/mol. The molecule has 0 aliphatic heterocycles. The van der Waals surface area contributed by atoms with Crippen LogP contribution in [0.25, 0.3) is 0 Å². The van der Waals surface area contributed by atoms with E-state index in [2.05, 4.69) is 0 Å². The minimum atomic E-state index is -0.743. The summed E-state index contributed by atoms with van der Waals surface area (Å²) in [5.74, 6) is -0.743. The van der Waals surface area contributed by atoms with Crippen LogP contribution in [0.15, 0.2) is 24.3 Å². The minimum absolute atomic E-state index is 0.545. The topological polar surface area (TPSA) is 46.5 Å². The molecule has 19 heavy (non-hydrogen) atoms.